The molecular formula is C14H19N3S2. The molecule has 0 aliphatic carbocycles. The Morgan fingerprint density at radius 2 is 2.32 bits per heavy atom. The van der Waals surface area contributed by atoms with E-state index < -0.39 is 0 Å². The molecule has 1 aliphatic rings. The van der Waals surface area contributed by atoms with Crippen molar-refractivity contribution in [3.8, 4) is 0 Å². The Kier molecular flexibility index (Phi) is 4.25. The maximum Gasteiger partial charge on any atom is 0.110 e. The van der Waals surface area contributed by atoms with E-state index in [1.165, 1.54) is 41.5 Å². The predicted octanol–water partition coefficient (Wildman–Crippen LogP) is 3.68. The van der Waals surface area contributed by atoms with Crippen LogP contribution >= 0.6 is 22.7 Å². The first-order valence-electron chi connectivity index (χ1n) is 6.87. The predicted molar refractivity (Wildman–Crippen MR) is 80.8 cm³/mol. The van der Waals surface area contributed by atoms with E-state index in [-0.39, 0.29) is 0 Å². The molecule has 1 atom stereocenters. The van der Waals surface area contributed by atoms with E-state index in [4.69, 9.17) is 0 Å². The fourth-order valence-electron chi connectivity index (χ4n) is 2.72. The number of nitrogens with zero attached hydrogens (tertiary/aromatic N) is 3. The quantitative estimate of drug-likeness (QED) is 0.861. The molecule has 3 heterocycles. The van der Waals surface area contributed by atoms with Crippen molar-refractivity contribution < 1.29 is 0 Å². The van der Waals surface area contributed by atoms with E-state index in [2.05, 4.69) is 32.6 Å². The zero-order valence-corrected chi connectivity index (χ0v) is 12.8. The lowest BCUT2D eigenvalue weighted by molar-refractivity contribution is 0.150. The van der Waals surface area contributed by atoms with Crippen LogP contribution in [0.1, 0.15) is 41.0 Å². The SMILES string of the molecule is Cc1nc(CCN2CCCC[C@H]2c2nccs2)cs1. The Hall–Kier alpha value is -0.780. The highest BCUT2D eigenvalue weighted by molar-refractivity contribution is 7.09. The molecule has 1 fully saturated rings. The van der Waals surface area contributed by atoms with Crippen LogP contribution in [0.5, 0.6) is 0 Å². The van der Waals surface area contributed by atoms with Crippen molar-refractivity contribution in [1.29, 1.82) is 0 Å². The van der Waals surface area contributed by atoms with Gasteiger partial charge in [-0.3, -0.25) is 4.90 Å². The van der Waals surface area contributed by atoms with E-state index in [1.807, 2.05) is 6.20 Å². The molecule has 0 radical (unpaired) electrons. The van der Waals surface area contributed by atoms with Gasteiger partial charge < -0.3 is 0 Å². The first kappa shape index (κ1) is 13.2. The lowest BCUT2D eigenvalue weighted by Crippen LogP contribution is -2.35. The molecular weight excluding hydrogens is 274 g/mol. The van der Waals surface area contributed by atoms with Gasteiger partial charge >= 0.3 is 0 Å². The molecule has 0 saturated carbocycles. The second kappa shape index (κ2) is 6.11. The summed E-state index contributed by atoms with van der Waals surface area (Å²) in [7, 11) is 0. The van der Waals surface area contributed by atoms with Crippen molar-refractivity contribution >= 4 is 22.7 Å². The zero-order valence-electron chi connectivity index (χ0n) is 11.2. The molecule has 0 unspecified atom stereocenters. The third-order valence-corrected chi connectivity index (χ3v) is 5.37. The lowest BCUT2D eigenvalue weighted by Gasteiger charge is -2.34. The van der Waals surface area contributed by atoms with Crippen LogP contribution in [0, 0.1) is 6.92 Å². The summed E-state index contributed by atoms with van der Waals surface area (Å²) in [5, 5.41) is 6.74. The maximum absolute atomic E-state index is 4.56. The fourth-order valence-corrected chi connectivity index (χ4v) is 4.17. The van der Waals surface area contributed by atoms with E-state index in [0.29, 0.717) is 6.04 Å². The summed E-state index contributed by atoms with van der Waals surface area (Å²) in [6, 6.07) is 0.536. The van der Waals surface area contributed by atoms with Gasteiger partial charge in [-0.15, -0.1) is 22.7 Å². The highest BCUT2D eigenvalue weighted by atomic mass is 32.1. The van der Waals surface area contributed by atoms with Crippen molar-refractivity contribution in [3.05, 3.63) is 32.7 Å². The van der Waals surface area contributed by atoms with Crippen molar-refractivity contribution in [3.63, 3.8) is 0 Å². The molecule has 102 valence electrons. The van der Waals surface area contributed by atoms with Gasteiger partial charge in [0.1, 0.15) is 5.01 Å². The first-order valence-corrected chi connectivity index (χ1v) is 8.63. The van der Waals surface area contributed by atoms with Gasteiger partial charge in [0.05, 0.1) is 16.7 Å². The van der Waals surface area contributed by atoms with Crippen LogP contribution in [0.2, 0.25) is 0 Å². The molecule has 0 bridgehead atoms. The molecule has 2 aromatic heterocycles. The third kappa shape index (κ3) is 3.22. The monoisotopic (exact) mass is 293 g/mol. The molecule has 19 heavy (non-hydrogen) atoms. The summed E-state index contributed by atoms with van der Waals surface area (Å²) in [5.41, 5.74) is 1.24. The van der Waals surface area contributed by atoms with E-state index in [1.54, 1.807) is 22.7 Å². The second-order valence-electron chi connectivity index (χ2n) is 5.03. The minimum Gasteiger partial charge on any atom is -0.294 e. The third-order valence-electron chi connectivity index (χ3n) is 3.67. The van der Waals surface area contributed by atoms with E-state index >= 15 is 0 Å². The molecule has 1 aliphatic heterocycles. The van der Waals surface area contributed by atoms with Crippen LogP contribution in [-0.2, 0) is 6.42 Å². The van der Waals surface area contributed by atoms with Gasteiger partial charge in [0.25, 0.3) is 0 Å². The van der Waals surface area contributed by atoms with Gasteiger partial charge in [0, 0.05) is 29.9 Å². The average molecular weight is 293 g/mol. The molecule has 3 nitrogen and oxygen atoms in total. The summed E-state index contributed by atoms with van der Waals surface area (Å²) >= 11 is 3.54. The maximum atomic E-state index is 4.56. The Bertz CT molecular complexity index is 507. The van der Waals surface area contributed by atoms with Crippen LogP contribution in [0.15, 0.2) is 17.0 Å². The first-order chi connectivity index (χ1) is 9.33. The van der Waals surface area contributed by atoms with Crippen molar-refractivity contribution in [2.75, 3.05) is 13.1 Å². The number of rotatable bonds is 4. The van der Waals surface area contributed by atoms with Crippen LogP contribution in [-0.4, -0.2) is 28.0 Å². The molecule has 2 aromatic rings. The molecule has 0 amide bonds. The number of thiazole rings is 2. The van der Waals surface area contributed by atoms with Gasteiger partial charge in [-0.05, 0) is 26.3 Å². The van der Waals surface area contributed by atoms with Crippen LogP contribution < -0.4 is 0 Å². The summed E-state index contributed by atoms with van der Waals surface area (Å²) < 4.78 is 0. The van der Waals surface area contributed by atoms with Gasteiger partial charge in [0.15, 0.2) is 0 Å². The van der Waals surface area contributed by atoms with E-state index in [9.17, 15) is 0 Å². The Balaban J connectivity index is 1.64. The number of likely N-dealkylation sites (tertiary alicyclic amines) is 1. The highest BCUT2D eigenvalue weighted by Gasteiger charge is 2.25. The molecule has 5 heteroatoms. The normalized spacial score (nSPS) is 20.8. The smallest absolute Gasteiger partial charge is 0.110 e. The molecule has 3 rings (SSSR count). The van der Waals surface area contributed by atoms with Gasteiger partial charge in [-0.1, -0.05) is 6.42 Å². The molecule has 0 N–H and O–H groups in total. The Morgan fingerprint density at radius 1 is 1.37 bits per heavy atom. The number of hydrogen-bond donors (Lipinski definition) is 0. The number of hydrogen-bond acceptors (Lipinski definition) is 5. The molecule has 0 aromatic carbocycles. The van der Waals surface area contributed by atoms with Crippen LogP contribution in [0.25, 0.3) is 0 Å². The second-order valence-corrected chi connectivity index (χ2v) is 7.01. The average Bonchev–Trinajstić information content (AvgIpc) is 3.08. The van der Waals surface area contributed by atoms with Gasteiger partial charge in [0.2, 0.25) is 0 Å². The Morgan fingerprint density at radius 3 is 3.05 bits per heavy atom. The van der Waals surface area contributed by atoms with Crippen molar-refractivity contribution in [2.45, 2.75) is 38.6 Å². The largest absolute Gasteiger partial charge is 0.294 e. The van der Waals surface area contributed by atoms with Gasteiger partial charge in [-0.2, -0.15) is 0 Å². The fraction of sp³-hybridized carbons (Fsp3) is 0.571. The van der Waals surface area contributed by atoms with Crippen LogP contribution in [0.3, 0.4) is 0 Å². The summed E-state index contributed by atoms with van der Waals surface area (Å²) in [4.78, 5) is 11.7. The summed E-state index contributed by atoms with van der Waals surface area (Å²) in [6.07, 6.45) is 6.89. The Labute approximate surface area is 122 Å². The summed E-state index contributed by atoms with van der Waals surface area (Å²) in [6.45, 7) is 4.38. The van der Waals surface area contributed by atoms with Crippen molar-refractivity contribution in [2.24, 2.45) is 0 Å². The highest BCUT2D eigenvalue weighted by Crippen LogP contribution is 2.31. The number of aromatic nitrogens is 2. The molecule has 0 spiro atoms. The zero-order chi connectivity index (χ0) is 13.1. The van der Waals surface area contributed by atoms with Crippen molar-refractivity contribution in [1.82, 2.24) is 14.9 Å². The topological polar surface area (TPSA) is 29.0 Å². The lowest BCUT2D eigenvalue weighted by atomic mass is 10.0. The minimum absolute atomic E-state index is 0.536. The molecule has 1 saturated heterocycles. The minimum atomic E-state index is 0.536. The van der Waals surface area contributed by atoms with E-state index in [0.717, 1.165) is 13.0 Å². The van der Waals surface area contributed by atoms with Crippen LogP contribution in [0.4, 0.5) is 0 Å². The summed E-state index contributed by atoms with van der Waals surface area (Å²) in [5.74, 6) is 0. The standard InChI is InChI=1S/C14H19N3S2/c1-11-16-12(10-19-11)5-8-17-7-3-2-4-13(17)14-15-6-9-18-14/h6,9-10,13H,2-5,7-8H2,1H3/t13-/m0/s1. The number of piperidine rings is 1. The number of aryl methyl sites for hydroxylation is 1. The van der Waals surface area contributed by atoms with Gasteiger partial charge in [-0.25, -0.2) is 9.97 Å².